The Hall–Kier alpha value is -2.56. The molecule has 1 amide bonds. The Morgan fingerprint density at radius 1 is 1.23 bits per heavy atom. The highest BCUT2D eigenvalue weighted by Crippen LogP contribution is 2.24. The van der Waals surface area contributed by atoms with Gasteiger partial charge in [-0.3, -0.25) is 14.9 Å². The summed E-state index contributed by atoms with van der Waals surface area (Å²) in [7, 11) is 0. The number of nitro benzene ring substituents is 1. The topological polar surface area (TPSA) is 90.1 Å². The first-order valence-electron chi connectivity index (χ1n) is 7.35. The number of aromatic nitrogens is 2. The predicted octanol–water partition coefficient (Wildman–Crippen LogP) is 4.30. The quantitative estimate of drug-likeness (QED) is 0.285. The number of amides is 1. The second kappa shape index (κ2) is 8.21. The lowest BCUT2D eigenvalue weighted by molar-refractivity contribution is -0.384. The number of hydrogen-bond donors (Lipinski definition) is 1. The monoisotopic (exact) mass is 404 g/mol. The van der Waals surface area contributed by atoms with E-state index in [4.69, 9.17) is 12.2 Å². The molecular weight excluding hydrogens is 392 g/mol. The Bertz CT molecular complexity index is 984. The summed E-state index contributed by atoms with van der Waals surface area (Å²) in [6, 6.07) is 15.2. The lowest BCUT2D eigenvalue weighted by atomic mass is 10.3. The molecule has 132 valence electrons. The van der Waals surface area contributed by atoms with Crippen molar-refractivity contribution in [2.75, 3.05) is 11.1 Å². The minimum absolute atomic E-state index is 0.0244. The number of nitro groups is 1. The second-order valence-electron chi connectivity index (χ2n) is 5.02. The van der Waals surface area contributed by atoms with Gasteiger partial charge in [0.1, 0.15) is 0 Å². The highest BCUT2D eigenvalue weighted by molar-refractivity contribution is 8.01. The van der Waals surface area contributed by atoms with Crippen LogP contribution in [-0.2, 0) is 4.79 Å². The van der Waals surface area contributed by atoms with E-state index in [1.54, 1.807) is 4.68 Å². The van der Waals surface area contributed by atoms with Gasteiger partial charge >= 0.3 is 0 Å². The van der Waals surface area contributed by atoms with E-state index in [2.05, 4.69) is 10.4 Å². The average molecular weight is 404 g/mol. The molecule has 3 rings (SSSR count). The van der Waals surface area contributed by atoms with Gasteiger partial charge in [0, 0.05) is 17.8 Å². The van der Waals surface area contributed by atoms with E-state index in [1.807, 2.05) is 30.3 Å². The Balaban J connectivity index is 1.60. The largest absolute Gasteiger partial charge is 0.325 e. The first kappa shape index (κ1) is 18.2. The zero-order valence-electron chi connectivity index (χ0n) is 13.2. The fourth-order valence-corrected chi connectivity index (χ4v) is 4.20. The predicted molar refractivity (Wildman–Crippen MR) is 105 cm³/mol. The maximum Gasteiger partial charge on any atom is 0.269 e. The number of para-hydroxylation sites is 1. The van der Waals surface area contributed by atoms with Crippen molar-refractivity contribution < 1.29 is 9.72 Å². The van der Waals surface area contributed by atoms with E-state index in [9.17, 15) is 14.9 Å². The second-order valence-corrected chi connectivity index (χ2v) is 7.87. The molecule has 0 unspecified atom stereocenters. The lowest BCUT2D eigenvalue weighted by Crippen LogP contribution is -2.13. The van der Waals surface area contributed by atoms with Gasteiger partial charge in [-0.25, -0.2) is 4.68 Å². The molecule has 0 radical (unpaired) electrons. The third kappa shape index (κ3) is 4.54. The van der Waals surface area contributed by atoms with Crippen molar-refractivity contribution >= 4 is 52.6 Å². The van der Waals surface area contributed by atoms with Crippen molar-refractivity contribution in [1.82, 2.24) is 9.78 Å². The molecule has 7 nitrogen and oxygen atoms in total. The summed E-state index contributed by atoms with van der Waals surface area (Å²) in [5, 5.41) is 17.7. The molecule has 0 bridgehead atoms. The standard InChI is InChI=1S/C16H12N4O3S3/c21-14(17-11-6-8-13(9-7-11)20(22)23)10-25-15-18-19(16(24)26-15)12-4-2-1-3-5-12/h1-9H,10H2,(H,17,21). The van der Waals surface area contributed by atoms with Gasteiger partial charge in [0.05, 0.1) is 16.4 Å². The van der Waals surface area contributed by atoms with Crippen LogP contribution in [0.2, 0.25) is 0 Å². The van der Waals surface area contributed by atoms with Crippen molar-refractivity contribution in [2.45, 2.75) is 4.34 Å². The molecule has 1 N–H and O–H groups in total. The van der Waals surface area contributed by atoms with Gasteiger partial charge in [-0.2, -0.15) is 0 Å². The van der Waals surface area contributed by atoms with Gasteiger partial charge in [0.2, 0.25) is 5.91 Å². The van der Waals surface area contributed by atoms with Crippen LogP contribution in [-0.4, -0.2) is 26.4 Å². The van der Waals surface area contributed by atoms with Crippen LogP contribution in [0.5, 0.6) is 0 Å². The summed E-state index contributed by atoms with van der Waals surface area (Å²) in [5.74, 6) is -0.0649. The number of carbonyl (C=O) groups is 1. The molecule has 10 heteroatoms. The number of anilines is 1. The Kier molecular flexibility index (Phi) is 5.76. The molecule has 0 spiro atoms. The van der Waals surface area contributed by atoms with E-state index in [0.29, 0.717) is 14.0 Å². The van der Waals surface area contributed by atoms with Crippen molar-refractivity contribution in [2.24, 2.45) is 0 Å². The zero-order valence-corrected chi connectivity index (χ0v) is 15.6. The summed E-state index contributed by atoms with van der Waals surface area (Å²) < 4.78 is 2.96. The van der Waals surface area contributed by atoms with Crippen LogP contribution in [0.1, 0.15) is 0 Å². The SMILES string of the molecule is O=C(CSc1nn(-c2ccccc2)c(=S)s1)Nc1ccc([N+](=O)[O-])cc1. The fourth-order valence-electron chi connectivity index (χ4n) is 2.04. The molecule has 0 saturated heterocycles. The number of hydrogen-bond acceptors (Lipinski definition) is 7. The number of rotatable bonds is 6. The van der Waals surface area contributed by atoms with E-state index >= 15 is 0 Å². The maximum atomic E-state index is 12.0. The number of nitrogens with one attached hydrogen (secondary N) is 1. The van der Waals surface area contributed by atoms with Crippen molar-refractivity contribution in [3.05, 3.63) is 68.7 Å². The molecule has 0 atom stereocenters. The molecule has 0 fully saturated rings. The van der Waals surface area contributed by atoms with Crippen LogP contribution in [0.3, 0.4) is 0 Å². The fraction of sp³-hybridized carbons (Fsp3) is 0.0625. The molecule has 0 aliphatic rings. The summed E-state index contributed by atoms with van der Waals surface area (Å²) in [6.07, 6.45) is 0. The van der Waals surface area contributed by atoms with Crippen molar-refractivity contribution in [3.63, 3.8) is 0 Å². The minimum Gasteiger partial charge on any atom is -0.325 e. The van der Waals surface area contributed by atoms with Crippen molar-refractivity contribution in [1.29, 1.82) is 0 Å². The molecule has 3 aromatic rings. The van der Waals surface area contributed by atoms with Gasteiger partial charge < -0.3 is 5.32 Å². The van der Waals surface area contributed by atoms with Gasteiger partial charge in [-0.05, 0) is 36.5 Å². The molecular formula is C16H12N4O3S3. The van der Waals surface area contributed by atoms with Crippen LogP contribution in [0, 0.1) is 14.1 Å². The Labute approximate surface area is 161 Å². The Morgan fingerprint density at radius 3 is 2.58 bits per heavy atom. The molecule has 1 heterocycles. The molecule has 2 aromatic carbocycles. The Morgan fingerprint density at radius 2 is 1.92 bits per heavy atom. The first-order chi connectivity index (χ1) is 12.5. The van der Waals surface area contributed by atoms with Crippen LogP contribution in [0.15, 0.2) is 58.9 Å². The van der Waals surface area contributed by atoms with Crippen LogP contribution < -0.4 is 5.32 Å². The number of thioether (sulfide) groups is 1. The molecule has 0 saturated carbocycles. The number of nitrogens with zero attached hydrogens (tertiary/aromatic N) is 3. The summed E-state index contributed by atoms with van der Waals surface area (Å²) in [6.45, 7) is 0. The summed E-state index contributed by atoms with van der Waals surface area (Å²) in [5.41, 5.74) is 1.35. The number of carbonyl (C=O) groups excluding carboxylic acids is 1. The van der Waals surface area contributed by atoms with Crippen LogP contribution >= 0.6 is 35.3 Å². The smallest absolute Gasteiger partial charge is 0.269 e. The van der Waals surface area contributed by atoms with Gasteiger partial charge in [0.15, 0.2) is 8.29 Å². The van der Waals surface area contributed by atoms with E-state index in [1.165, 1.54) is 47.4 Å². The molecule has 26 heavy (non-hydrogen) atoms. The average Bonchev–Trinajstić information content (AvgIpc) is 3.02. The van der Waals surface area contributed by atoms with Gasteiger partial charge in [-0.15, -0.1) is 5.10 Å². The summed E-state index contributed by atoms with van der Waals surface area (Å²) >= 11 is 7.95. The summed E-state index contributed by atoms with van der Waals surface area (Å²) in [4.78, 5) is 22.2. The van der Waals surface area contributed by atoms with E-state index < -0.39 is 4.92 Å². The highest BCUT2D eigenvalue weighted by Gasteiger charge is 2.10. The van der Waals surface area contributed by atoms with Gasteiger partial charge in [0.25, 0.3) is 5.69 Å². The van der Waals surface area contributed by atoms with Crippen molar-refractivity contribution in [3.8, 4) is 5.69 Å². The van der Waals surface area contributed by atoms with E-state index in [-0.39, 0.29) is 17.3 Å². The molecule has 1 aromatic heterocycles. The highest BCUT2D eigenvalue weighted by atomic mass is 32.2. The normalized spacial score (nSPS) is 10.5. The maximum absolute atomic E-state index is 12.0. The zero-order chi connectivity index (χ0) is 18.5. The van der Waals surface area contributed by atoms with E-state index in [0.717, 1.165) is 5.69 Å². The minimum atomic E-state index is -0.488. The third-order valence-corrected chi connectivity index (χ3v) is 5.58. The number of benzene rings is 2. The molecule has 0 aliphatic heterocycles. The number of non-ortho nitro benzene ring substituents is 1. The first-order valence-corrected chi connectivity index (χ1v) is 9.56. The molecule has 0 aliphatic carbocycles. The van der Waals surface area contributed by atoms with Crippen LogP contribution in [0.25, 0.3) is 5.69 Å². The van der Waals surface area contributed by atoms with Gasteiger partial charge in [-0.1, -0.05) is 41.3 Å². The van der Waals surface area contributed by atoms with Crippen LogP contribution in [0.4, 0.5) is 11.4 Å². The third-order valence-electron chi connectivity index (χ3n) is 3.22. The lowest BCUT2D eigenvalue weighted by Gasteiger charge is -2.03.